The monoisotopic (exact) mass is 381 g/mol. The van der Waals surface area contributed by atoms with Gasteiger partial charge >= 0.3 is 5.97 Å². The summed E-state index contributed by atoms with van der Waals surface area (Å²) in [5, 5.41) is 7.89. The Morgan fingerprint density at radius 3 is 2.58 bits per heavy atom. The Morgan fingerprint density at radius 2 is 1.92 bits per heavy atom. The fraction of sp³-hybridized carbons (Fsp3) is 0.722. The average Bonchev–Trinajstić information content (AvgIpc) is 2.69. The number of aromatic nitrogens is 2. The molecule has 1 saturated carbocycles. The van der Waals surface area contributed by atoms with Crippen molar-refractivity contribution in [1.82, 2.24) is 10.2 Å². The van der Waals surface area contributed by atoms with Crippen molar-refractivity contribution < 1.29 is 17.9 Å². The summed E-state index contributed by atoms with van der Waals surface area (Å²) in [4.78, 5) is 14.0. The van der Waals surface area contributed by atoms with Gasteiger partial charge in [-0.1, -0.05) is 19.3 Å². The van der Waals surface area contributed by atoms with Crippen LogP contribution in [-0.4, -0.2) is 49.5 Å². The first-order valence-corrected chi connectivity index (χ1v) is 11.1. The summed E-state index contributed by atoms with van der Waals surface area (Å²) in [5.74, 6) is 0.263. The van der Waals surface area contributed by atoms with E-state index in [-0.39, 0.29) is 22.2 Å². The van der Waals surface area contributed by atoms with Crippen molar-refractivity contribution in [3.8, 4) is 0 Å². The van der Waals surface area contributed by atoms with E-state index in [0.29, 0.717) is 31.8 Å². The van der Waals surface area contributed by atoms with Gasteiger partial charge in [-0.2, -0.15) is 0 Å². The summed E-state index contributed by atoms with van der Waals surface area (Å²) in [7, 11) is -3.41. The van der Waals surface area contributed by atoms with Gasteiger partial charge in [0.1, 0.15) is 0 Å². The lowest BCUT2D eigenvalue weighted by Gasteiger charge is -2.32. The second-order valence-electron chi connectivity index (χ2n) is 7.07. The molecule has 1 aliphatic carbocycles. The molecule has 0 amide bonds. The van der Waals surface area contributed by atoms with Gasteiger partial charge in [-0.3, -0.25) is 4.79 Å². The molecule has 2 heterocycles. The summed E-state index contributed by atoms with van der Waals surface area (Å²) in [6, 6.07) is 3.26. The molecule has 7 nitrogen and oxygen atoms in total. The highest BCUT2D eigenvalue weighted by atomic mass is 32.2. The van der Waals surface area contributed by atoms with Crippen molar-refractivity contribution in [2.45, 2.75) is 62.1 Å². The predicted octanol–water partition coefficient (Wildman–Crippen LogP) is 2.36. The van der Waals surface area contributed by atoms with Crippen molar-refractivity contribution in [2.75, 3.05) is 24.6 Å². The number of carbonyl (C=O) groups excluding carboxylic acids is 1. The third kappa shape index (κ3) is 4.16. The van der Waals surface area contributed by atoms with Crippen LogP contribution in [0.15, 0.2) is 17.2 Å². The van der Waals surface area contributed by atoms with Crippen molar-refractivity contribution in [3.63, 3.8) is 0 Å². The Kier molecular flexibility index (Phi) is 6.11. The number of ether oxygens (including phenoxy) is 1. The van der Waals surface area contributed by atoms with Gasteiger partial charge in [0.2, 0.25) is 0 Å². The van der Waals surface area contributed by atoms with Crippen LogP contribution in [-0.2, 0) is 19.4 Å². The van der Waals surface area contributed by atoms with Gasteiger partial charge in [-0.25, -0.2) is 8.42 Å². The Balaban J connectivity index is 1.70. The second kappa shape index (κ2) is 8.33. The minimum Gasteiger partial charge on any atom is -0.466 e. The molecule has 144 valence electrons. The lowest BCUT2D eigenvalue weighted by molar-refractivity contribution is -0.148. The number of rotatable bonds is 5. The summed E-state index contributed by atoms with van der Waals surface area (Å²) < 4.78 is 30.5. The van der Waals surface area contributed by atoms with Crippen LogP contribution in [0.5, 0.6) is 0 Å². The molecule has 0 spiro atoms. The molecule has 0 bridgehead atoms. The summed E-state index contributed by atoms with van der Waals surface area (Å²) in [5.41, 5.74) is 0. The van der Waals surface area contributed by atoms with Gasteiger partial charge in [0.15, 0.2) is 20.7 Å². The highest BCUT2D eigenvalue weighted by Crippen LogP contribution is 2.28. The Hall–Kier alpha value is -1.70. The van der Waals surface area contributed by atoms with Crippen molar-refractivity contribution in [1.29, 1.82) is 0 Å². The predicted molar refractivity (Wildman–Crippen MR) is 97.7 cm³/mol. The molecule has 2 fully saturated rings. The lowest BCUT2D eigenvalue weighted by Crippen LogP contribution is -2.40. The van der Waals surface area contributed by atoms with E-state index in [1.165, 1.54) is 0 Å². The SMILES string of the molecule is CCOC(=O)C1CCCN(c2ccc(S(=O)(=O)C3CCCCC3)nn2)C1. The molecule has 0 aromatic carbocycles. The first-order valence-electron chi connectivity index (χ1n) is 9.51. The number of hydrogen-bond donors (Lipinski definition) is 0. The van der Waals surface area contributed by atoms with Gasteiger partial charge in [0.05, 0.1) is 17.8 Å². The first kappa shape index (κ1) is 19.1. The van der Waals surface area contributed by atoms with Crippen LogP contribution in [0.4, 0.5) is 5.82 Å². The molecule has 1 aromatic rings. The van der Waals surface area contributed by atoms with E-state index in [1.54, 1.807) is 19.1 Å². The number of esters is 1. The summed E-state index contributed by atoms with van der Waals surface area (Å²) >= 11 is 0. The first-order chi connectivity index (χ1) is 12.5. The summed E-state index contributed by atoms with van der Waals surface area (Å²) in [6.45, 7) is 3.49. The maximum absolute atomic E-state index is 12.7. The van der Waals surface area contributed by atoms with E-state index in [2.05, 4.69) is 10.2 Å². The Labute approximate surface area is 155 Å². The number of hydrogen-bond acceptors (Lipinski definition) is 7. The van der Waals surface area contributed by atoms with E-state index in [0.717, 1.165) is 38.6 Å². The van der Waals surface area contributed by atoms with Crippen molar-refractivity contribution >= 4 is 21.6 Å². The quantitative estimate of drug-likeness (QED) is 0.723. The van der Waals surface area contributed by atoms with Crippen LogP contribution in [0.3, 0.4) is 0 Å². The zero-order valence-corrected chi connectivity index (χ0v) is 16.1. The molecule has 1 aliphatic heterocycles. The van der Waals surface area contributed by atoms with E-state index in [9.17, 15) is 13.2 Å². The zero-order chi connectivity index (χ0) is 18.6. The number of nitrogens with zero attached hydrogens (tertiary/aromatic N) is 3. The van der Waals surface area contributed by atoms with Crippen molar-refractivity contribution in [2.24, 2.45) is 5.92 Å². The molecule has 0 radical (unpaired) electrons. The molecule has 1 saturated heterocycles. The minimum atomic E-state index is -3.41. The highest BCUT2D eigenvalue weighted by Gasteiger charge is 2.31. The maximum Gasteiger partial charge on any atom is 0.310 e. The van der Waals surface area contributed by atoms with Crippen LogP contribution in [0.1, 0.15) is 51.9 Å². The lowest BCUT2D eigenvalue weighted by atomic mass is 9.98. The minimum absolute atomic E-state index is 0.0621. The highest BCUT2D eigenvalue weighted by molar-refractivity contribution is 7.92. The summed E-state index contributed by atoms with van der Waals surface area (Å²) in [6.07, 6.45) is 6.10. The smallest absolute Gasteiger partial charge is 0.310 e. The molecule has 1 aromatic heterocycles. The third-order valence-corrected chi connectivity index (χ3v) is 7.42. The largest absolute Gasteiger partial charge is 0.466 e. The maximum atomic E-state index is 12.7. The van der Waals surface area contributed by atoms with Crippen LogP contribution >= 0.6 is 0 Å². The van der Waals surface area contributed by atoms with Gasteiger partial charge in [-0.15, -0.1) is 10.2 Å². The van der Waals surface area contributed by atoms with E-state index < -0.39 is 9.84 Å². The Morgan fingerprint density at radius 1 is 1.15 bits per heavy atom. The standard InChI is InChI=1S/C18H27N3O4S/c1-2-25-18(22)14-7-6-12-21(13-14)16-10-11-17(20-19-16)26(23,24)15-8-4-3-5-9-15/h10-11,14-15H,2-9,12-13H2,1H3. The van der Waals surface area contributed by atoms with Crippen molar-refractivity contribution in [3.05, 3.63) is 12.1 Å². The molecule has 0 N–H and O–H groups in total. The molecule has 26 heavy (non-hydrogen) atoms. The molecule has 2 aliphatic rings. The normalized spacial score (nSPS) is 22.2. The number of sulfone groups is 1. The number of anilines is 1. The molecule has 1 unspecified atom stereocenters. The topological polar surface area (TPSA) is 89.5 Å². The van der Waals surface area contributed by atoms with E-state index >= 15 is 0 Å². The van der Waals surface area contributed by atoms with Gasteiger partial charge in [-0.05, 0) is 44.7 Å². The second-order valence-corrected chi connectivity index (χ2v) is 9.25. The van der Waals surface area contributed by atoms with Crippen LogP contribution in [0.25, 0.3) is 0 Å². The molecular weight excluding hydrogens is 354 g/mol. The number of piperidine rings is 1. The molecule has 8 heteroatoms. The average molecular weight is 381 g/mol. The number of carbonyl (C=O) groups is 1. The van der Waals surface area contributed by atoms with E-state index in [1.807, 2.05) is 4.90 Å². The molecule has 1 atom stereocenters. The van der Waals surface area contributed by atoms with Crippen LogP contribution in [0, 0.1) is 5.92 Å². The third-order valence-electron chi connectivity index (χ3n) is 5.27. The fourth-order valence-electron chi connectivity index (χ4n) is 3.82. The van der Waals surface area contributed by atoms with E-state index in [4.69, 9.17) is 4.74 Å². The van der Waals surface area contributed by atoms with Crippen LogP contribution in [0.2, 0.25) is 0 Å². The van der Waals surface area contributed by atoms with Gasteiger partial charge < -0.3 is 9.64 Å². The molecular formula is C18H27N3O4S. The fourth-order valence-corrected chi connectivity index (χ4v) is 5.53. The zero-order valence-electron chi connectivity index (χ0n) is 15.3. The molecule has 3 rings (SSSR count). The van der Waals surface area contributed by atoms with Gasteiger partial charge in [0, 0.05) is 13.1 Å². The van der Waals surface area contributed by atoms with Crippen LogP contribution < -0.4 is 4.90 Å². The Bertz CT molecular complexity index is 714. The van der Waals surface area contributed by atoms with Gasteiger partial charge in [0.25, 0.3) is 0 Å².